The molecule has 0 bridgehead atoms. The predicted molar refractivity (Wildman–Crippen MR) is 91.0 cm³/mol. The standard InChI is InChI=1S/C16H16FN7O/c17-10-7-11(15(18)25)14-12(8-10)21-16(22-14)24-5-3-23(4-6-24)13-1-2-19-9-20-13/h1-2,7-9H,3-6H2,(H2,18,25)(H,21,22). The number of hydrogen-bond acceptors (Lipinski definition) is 6. The van der Waals surface area contributed by atoms with Crippen LogP contribution in [0.5, 0.6) is 0 Å². The lowest BCUT2D eigenvalue weighted by atomic mass is 10.1. The number of hydrogen-bond donors (Lipinski definition) is 2. The van der Waals surface area contributed by atoms with Gasteiger partial charge in [-0.1, -0.05) is 0 Å². The van der Waals surface area contributed by atoms with Crippen LogP contribution >= 0.6 is 0 Å². The molecule has 9 heteroatoms. The molecular weight excluding hydrogens is 325 g/mol. The summed E-state index contributed by atoms with van der Waals surface area (Å²) < 4.78 is 13.7. The second-order valence-electron chi connectivity index (χ2n) is 5.82. The van der Waals surface area contributed by atoms with Crippen molar-refractivity contribution in [2.75, 3.05) is 36.0 Å². The highest BCUT2D eigenvalue weighted by Gasteiger charge is 2.22. The molecule has 0 spiro atoms. The fraction of sp³-hybridized carbons (Fsp3) is 0.250. The maximum absolute atomic E-state index is 13.7. The minimum absolute atomic E-state index is 0.0807. The number of anilines is 2. The van der Waals surface area contributed by atoms with Crippen molar-refractivity contribution in [1.82, 2.24) is 19.9 Å². The van der Waals surface area contributed by atoms with Crippen LogP contribution in [0.4, 0.5) is 16.2 Å². The van der Waals surface area contributed by atoms with Crippen molar-refractivity contribution < 1.29 is 9.18 Å². The van der Waals surface area contributed by atoms with E-state index in [1.165, 1.54) is 12.4 Å². The van der Waals surface area contributed by atoms with Gasteiger partial charge in [-0.3, -0.25) is 4.79 Å². The number of primary amides is 1. The molecule has 2 aromatic heterocycles. The number of nitrogens with two attached hydrogens (primary N) is 1. The largest absolute Gasteiger partial charge is 0.366 e. The van der Waals surface area contributed by atoms with E-state index in [9.17, 15) is 9.18 Å². The number of halogens is 1. The minimum atomic E-state index is -0.698. The van der Waals surface area contributed by atoms with Crippen LogP contribution in [-0.2, 0) is 0 Å². The summed E-state index contributed by atoms with van der Waals surface area (Å²) in [6, 6.07) is 4.30. The van der Waals surface area contributed by atoms with E-state index in [-0.39, 0.29) is 5.56 Å². The molecule has 8 nitrogen and oxygen atoms in total. The van der Waals surface area contributed by atoms with Crippen LogP contribution in [0.3, 0.4) is 0 Å². The van der Waals surface area contributed by atoms with Crippen LogP contribution in [0.15, 0.2) is 30.7 Å². The summed E-state index contributed by atoms with van der Waals surface area (Å²) in [7, 11) is 0. The Bertz CT molecular complexity index is 919. The number of nitrogens with zero attached hydrogens (tertiary/aromatic N) is 5. The Labute approximate surface area is 142 Å². The number of carbonyl (C=O) groups is 1. The van der Waals surface area contributed by atoms with E-state index in [0.29, 0.717) is 17.0 Å². The van der Waals surface area contributed by atoms with Crippen molar-refractivity contribution in [3.05, 3.63) is 42.1 Å². The van der Waals surface area contributed by atoms with Gasteiger partial charge in [-0.15, -0.1) is 0 Å². The molecule has 4 rings (SSSR count). The zero-order valence-electron chi connectivity index (χ0n) is 13.3. The molecule has 1 aliphatic heterocycles. The number of piperazine rings is 1. The Morgan fingerprint density at radius 3 is 2.64 bits per heavy atom. The molecule has 25 heavy (non-hydrogen) atoms. The summed E-state index contributed by atoms with van der Waals surface area (Å²) in [5, 5.41) is 0. The first kappa shape index (κ1) is 15.3. The van der Waals surface area contributed by atoms with Gasteiger partial charge in [-0.05, 0) is 18.2 Å². The van der Waals surface area contributed by atoms with E-state index in [0.717, 1.165) is 38.1 Å². The summed E-state index contributed by atoms with van der Waals surface area (Å²) in [5.41, 5.74) is 6.26. The number of imidazole rings is 1. The summed E-state index contributed by atoms with van der Waals surface area (Å²) in [4.78, 5) is 31.5. The lowest BCUT2D eigenvalue weighted by Crippen LogP contribution is -2.47. The molecule has 1 amide bonds. The van der Waals surface area contributed by atoms with Gasteiger partial charge in [0.05, 0.1) is 11.1 Å². The maximum Gasteiger partial charge on any atom is 0.251 e. The van der Waals surface area contributed by atoms with E-state index in [2.05, 4.69) is 29.7 Å². The number of carbonyl (C=O) groups excluding carboxylic acids is 1. The third-order valence-corrected chi connectivity index (χ3v) is 4.27. The average Bonchev–Trinajstić information content (AvgIpc) is 3.05. The third-order valence-electron chi connectivity index (χ3n) is 4.27. The Kier molecular flexibility index (Phi) is 3.68. The Balaban J connectivity index is 1.57. The third kappa shape index (κ3) is 2.84. The van der Waals surface area contributed by atoms with Gasteiger partial charge < -0.3 is 20.5 Å². The van der Waals surface area contributed by atoms with Gasteiger partial charge in [0, 0.05) is 32.4 Å². The summed E-state index contributed by atoms with van der Waals surface area (Å²) >= 11 is 0. The molecule has 0 radical (unpaired) electrons. The van der Waals surface area contributed by atoms with Crippen molar-refractivity contribution in [1.29, 1.82) is 0 Å². The van der Waals surface area contributed by atoms with Crippen molar-refractivity contribution in [3.63, 3.8) is 0 Å². The highest BCUT2D eigenvalue weighted by atomic mass is 19.1. The normalized spacial score (nSPS) is 14.9. The Morgan fingerprint density at radius 1 is 1.20 bits per heavy atom. The molecule has 1 aliphatic rings. The molecule has 1 fully saturated rings. The SMILES string of the molecule is NC(=O)c1cc(F)cc2[nH]c(N3CCN(c4ccncn4)CC3)nc12. The first-order valence-corrected chi connectivity index (χ1v) is 7.87. The van der Waals surface area contributed by atoms with Gasteiger partial charge in [0.2, 0.25) is 5.95 Å². The van der Waals surface area contributed by atoms with Crippen molar-refractivity contribution in [2.45, 2.75) is 0 Å². The Morgan fingerprint density at radius 2 is 1.96 bits per heavy atom. The van der Waals surface area contributed by atoms with E-state index >= 15 is 0 Å². The van der Waals surface area contributed by atoms with Crippen LogP contribution in [0.1, 0.15) is 10.4 Å². The van der Waals surface area contributed by atoms with E-state index in [4.69, 9.17) is 5.73 Å². The zero-order valence-corrected chi connectivity index (χ0v) is 13.3. The highest BCUT2D eigenvalue weighted by molar-refractivity contribution is 6.04. The molecular formula is C16H16FN7O. The van der Waals surface area contributed by atoms with Gasteiger partial charge in [-0.2, -0.15) is 0 Å². The number of fused-ring (bicyclic) bond motifs is 1. The quantitative estimate of drug-likeness (QED) is 0.734. The molecule has 3 heterocycles. The van der Waals surface area contributed by atoms with Gasteiger partial charge in [0.15, 0.2) is 0 Å². The van der Waals surface area contributed by atoms with Crippen LogP contribution in [0.25, 0.3) is 11.0 Å². The predicted octanol–water partition coefficient (Wildman–Crippen LogP) is 0.917. The van der Waals surface area contributed by atoms with Crippen LogP contribution < -0.4 is 15.5 Å². The molecule has 0 atom stereocenters. The number of aromatic nitrogens is 4. The highest BCUT2D eigenvalue weighted by Crippen LogP contribution is 2.23. The van der Waals surface area contributed by atoms with Gasteiger partial charge >= 0.3 is 0 Å². The second-order valence-corrected chi connectivity index (χ2v) is 5.82. The number of benzene rings is 1. The molecule has 0 saturated carbocycles. The average molecular weight is 341 g/mol. The molecule has 1 aromatic carbocycles. The first-order valence-electron chi connectivity index (χ1n) is 7.87. The zero-order chi connectivity index (χ0) is 17.4. The monoisotopic (exact) mass is 341 g/mol. The van der Waals surface area contributed by atoms with E-state index in [1.54, 1.807) is 6.20 Å². The summed E-state index contributed by atoms with van der Waals surface area (Å²) in [6.45, 7) is 2.98. The summed E-state index contributed by atoms with van der Waals surface area (Å²) in [6.07, 6.45) is 3.24. The second kappa shape index (κ2) is 6.00. The minimum Gasteiger partial charge on any atom is -0.366 e. The van der Waals surface area contributed by atoms with Gasteiger partial charge in [0.1, 0.15) is 23.5 Å². The molecule has 0 unspecified atom stereocenters. The van der Waals surface area contributed by atoms with E-state index in [1.807, 2.05) is 6.07 Å². The first-order chi connectivity index (χ1) is 12.1. The molecule has 3 N–H and O–H groups in total. The van der Waals surface area contributed by atoms with Crippen molar-refractivity contribution in [2.24, 2.45) is 5.73 Å². The topological polar surface area (TPSA) is 104 Å². The summed E-state index contributed by atoms with van der Waals surface area (Å²) in [5.74, 6) is 0.268. The van der Waals surface area contributed by atoms with Crippen LogP contribution in [-0.4, -0.2) is 52.0 Å². The number of nitrogens with one attached hydrogen (secondary N) is 1. The smallest absolute Gasteiger partial charge is 0.251 e. The van der Waals surface area contributed by atoms with Gasteiger partial charge in [-0.25, -0.2) is 19.3 Å². The van der Waals surface area contributed by atoms with Crippen LogP contribution in [0, 0.1) is 5.82 Å². The number of amides is 1. The lowest BCUT2D eigenvalue weighted by Gasteiger charge is -2.35. The maximum atomic E-state index is 13.7. The molecule has 1 saturated heterocycles. The van der Waals surface area contributed by atoms with Crippen molar-refractivity contribution in [3.8, 4) is 0 Å². The van der Waals surface area contributed by atoms with Crippen molar-refractivity contribution >= 4 is 28.7 Å². The fourth-order valence-corrected chi connectivity index (χ4v) is 3.03. The molecule has 128 valence electrons. The van der Waals surface area contributed by atoms with Gasteiger partial charge in [0.25, 0.3) is 5.91 Å². The number of rotatable bonds is 3. The lowest BCUT2D eigenvalue weighted by molar-refractivity contribution is 0.100. The fourth-order valence-electron chi connectivity index (χ4n) is 3.03. The van der Waals surface area contributed by atoms with Crippen LogP contribution in [0.2, 0.25) is 0 Å². The Hall–Kier alpha value is -3.23. The van der Waals surface area contributed by atoms with E-state index < -0.39 is 11.7 Å². The number of aromatic amines is 1. The molecule has 0 aliphatic carbocycles. The molecule has 3 aromatic rings. The number of H-pyrrole nitrogens is 1.